The lowest BCUT2D eigenvalue weighted by Gasteiger charge is -2.33. The first-order chi connectivity index (χ1) is 11.9. The lowest BCUT2D eigenvalue weighted by atomic mass is 10.1. The van der Waals surface area contributed by atoms with Gasteiger partial charge >= 0.3 is 0 Å². The van der Waals surface area contributed by atoms with Gasteiger partial charge in [0.25, 0.3) is 0 Å². The van der Waals surface area contributed by atoms with Gasteiger partial charge in [0.05, 0.1) is 10.7 Å². The normalized spacial score (nSPS) is 17.9. The maximum atomic E-state index is 6.12. The van der Waals surface area contributed by atoms with Gasteiger partial charge in [-0.1, -0.05) is 53.5 Å². The molecule has 5 heteroatoms. The molecule has 0 N–H and O–H groups in total. The molecule has 2 aromatic carbocycles. The molecule has 25 heavy (non-hydrogen) atoms. The predicted octanol–water partition coefficient (Wildman–Crippen LogP) is 6.40. The van der Waals surface area contributed by atoms with Gasteiger partial charge in [0.1, 0.15) is 11.5 Å². The molecule has 0 atom stereocenters. The van der Waals surface area contributed by atoms with Gasteiger partial charge in [-0.25, -0.2) is 0 Å². The van der Waals surface area contributed by atoms with Gasteiger partial charge in [-0.15, -0.1) is 0 Å². The number of hydrogen-bond acceptors (Lipinski definition) is 3. The molecule has 2 aromatic rings. The van der Waals surface area contributed by atoms with Crippen LogP contribution >= 0.6 is 23.2 Å². The van der Waals surface area contributed by atoms with Gasteiger partial charge in [0, 0.05) is 36.7 Å². The Morgan fingerprint density at radius 3 is 2.48 bits per heavy atom. The number of rotatable bonds is 3. The molecule has 3 nitrogen and oxygen atoms in total. The Labute approximate surface area is 157 Å². The third-order valence-electron chi connectivity index (χ3n) is 3.41. The fourth-order valence-corrected chi connectivity index (χ4v) is 2.82. The van der Waals surface area contributed by atoms with E-state index in [1.165, 1.54) is 0 Å². The van der Waals surface area contributed by atoms with Gasteiger partial charge in [-0.3, -0.25) is 4.99 Å². The van der Waals surface area contributed by atoms with Crippen LogP contribution in [0.5, 0.6) is 0 Å². The van der Waals surface area contributed by atoms with Crippen LogP contribution < -0.4 is 0 Å². The molecule has 1 aliphatic heterocycles. The second kappa shape index (κ2) is 7.34. The van der Waals surface area contributed by atoms with E-state index in [1.807, 2.05) is 50.3 Å². The van der Waals surface area contributed by atoms with Gasteiger partial charge < -0.3 is 9.47 Å². The molecule has 0 spiro atoms. The van der Waals surface area contributed by atoms with Crippen molar-refractivity contribution in [3.8, 4) is 0 Å². The topological polar surface area (TPSA) is 30.8 Å². The van der Waals surface area contributed by atoms with E-state index in [-0.39, 0.29) is 0 Å². The van der Waals surface area contributed by atoms with E-state index in [4.69, 9.17) is 32.7 Å². The Hall–Kier alpha value is -2.23. The lowest BCUT2D eigenvalue weighted by Crippen LogP contribution is -2.30. The van der Waals surface area contributed by atoms with Crippen LogP contribution in [0.4, 0.5) is 5.69 Å². The van der Waals surface area contributed by atoms with E-state index in [2.05, 4.69) is 4.99 Å². The van der Waals surface area contributed by atoms with Crippen LogP contribution in [-0.2, 0) is 9.47 Å². The van der Waals surface area contributed by atoms with Crippen LogP contribution in [0, 0.1) is 0 Å². The Balaban J connectivity index is 1.86. The summed E-state index contributed by atoms with van der Waals surface area (Å²) in [5, 5.41) is 1.07. The Kier molecular flexibility index (Phi) is 5.16. The van der Waals surface area contributed by atoms with Crippen molar-refractivity contribution in [1.82, 2.24) is 0 Å². The number of halogens is 2. The maximum absolute atomic E-state index is 6.12. The van der Waals surface area contributed by atoms with Crippen molar-refractivity contribution >= 4 is 40.9 Å². The molecule has 0 fully saturated rings. The van der Waals surface area contributed by atoms with Gasteiger partial charge in [-0.2, -0.15) is 0 Å². The molecular weight excluding hydrogens is 357 g/mol. The summed E-state index contributed by atoms with van der Waals surface area (Å²) in [7, 11) is 0. The predicted molar refractivity (Wildman–Crippen MR) is 103 cm³/mol. The second-order valence-corrected chi connectivity index (χ2v) is 6.77. The fourth-order valence-electron chi connectivity index (χ4n) is 2.36. The largest absolute Gasteiger partial charge is 0.453 e. The highest BCUT2D eigenvalue weighted by atomic mass is 35.5. The highest BCUT2D eigenvalue weighted by Gasteiger charge is 2.28. The standard InChI is InChI=1S/C20H17Cl2NO2/c1-20(2)24-16(13-19(25-20)14-6-4-3-5-7-14)10-11-23-18-9-8-15(21)12-17(18)22/h3-13H,1-2H3/b16-10-,23-11?. The summed E-state index contributed by atoms with van der Waals surface area (Å²) < 4.78 is 11.7. The first-order valence-corrected chi connectivity index (χ1v) is 8.53. The number of benzene rings is 2. The molecule has 0 amide bonds. The van der Waals surface area contributed by atoms with Gasteiger partial charge in [-0.05, 0) is 24.3 Å². The summed E-state index contributed by atoms with van der Waals surface area (Å²) in [5.41, 5.74) is 1.63. The van der Waals surface area contributed by atoms with Crippen LogP contribution in [-0.4, -0.2) is 12.0 Å². The molecule has 128 valence electrons. The highest BCUT2D eigenvalue weighted by molar-refractivity contribution is 6.36. The number of allylic oxidation sites excluding steroid dienone is 2. The van der Waals surface area contributed by atoms with E-state index in [0.29, 0.717) is 21.5 Å². The molecule has 0 aliphatic carbocycles. The van der Waals surface area contributed by atoms with E-state index in [9.17, 15) is 0 Å². The van der Waals surface area contributed by atoms with E-state index >= 15 is 0 Å². The number of hydrogen-bond donors (Lipinski definition) is 0. The number of aliphatic imine (C=N–C) groups is 1. The summed E-state index contributed by atoms with van der Waals surface area (Å²) in [6, 6.07) is 15.1. The summed E-state index contributed by atoms with van der Waals surface area (Å²) in [5.74, 6) is 0.641. The smallest absolute Gasteiger partial charge is 0.245 e. The van der Waals surface area contributed by atoms with Crippen molar-refractivity contribution < 1.29 is 9.47 Å². The molecule has 0 saturated heterocycles. The minimum Gasteiger partial charge on any atom is -0.453 e. The molecule has 1 aliphatic rings. The first kappa shape index (κ1) is 17.6. The first-order valence-electron chi connectivity index (χ1n) is 7.77. The quantitative estimate of drug-likeness (QED) is 0.582. The summed E-state index contributed by atoms with van der Waals surface area (Å²) >= 11 is 12.0. The fraction of sp³-hybridized carbons (Fsp3) is 0.150. The zero-order valence-corrected chi connectivity index (χ0v) is 15.4. The molecule has 1 heterocycles. The molecule has 0 aromatic heterocycles. The molecule has 3 rings (SSSR count). The molecule has 0 unspecified atom stereocenters. The van der Waals surface area contributed by atoms with Crippen LogP contribution in [0.2, 0.25) is 10.0 Å². The van der Waals surface area contributed by atoms with E-state index in [1.54, 1.807) is 30.5 Å². The van der Waals surface area contributed by atoms with Crippen molar-refractivity contribution in [2.24, 2.45) is 4.99 Å². The van der Waals surface area contributed by atoms with Crippen LogP contribution in [0.15, 0.2) is 71.4 Å². The van der Waals surface area contributed by atoms with Crippen molar-refractivity contribution in [2.75, 3.05) is 0 Å². The zero-order valence-electron chi connectivity index (χ0n) is 13.9. The Morgan fingerprint density at radius 1 is 1.00 bits per heavy atom. The lowest BCUT2D eigenvalue weighted by molar-refractivity contribution is -0.149. The maximum Gasteiger partial charge on any atom is 0.245 e. The molecule has 0 saturated carbocycles. The number of nitrogens with zero attached hydrogens (tertiary/aromatic N) is 1. The van der Waals surface area contributed by atoms with E-state index in [0.717, 1.165) is 11.3 Å². The van der Waals surface area contributed by atoms with Crippen molar-refractivity contribution in [3.05, 3.63) is 82.1 Å². The SMILES string of the molecule is CC1(C)OC(c2ccccc2)=C/C(=C/C=Nc2ccc(Cl)cc2Cl)O1. The Bertz CT molecular complexity index is 855. The minimum absolute atomic E-state index is 0.496. The third-order valence-corrected chi connectivity index (χ3v) is 3.95. The van der Waals surface area contributed by atoms with Crippen molar-refractivity contribution in [2.45, 2.75) is 19.6 Å². The molecular formula is C20H17Cl2NO2. The summed E-state index contributed by atoms with van der Waals surface area (Å²) in [6.07, 6.45) is 5.26. The summed E-state index contributed by atoms with van der Waals surface area (Å²) in [4.78, 5) is 4.34. The van der Waals surface area contributed by atoms with Crippen LogP contribution in [0.3, 0.4) is 0 Å². The highest BCUT2D eigenvalue weighted by Crippen LogP contribution is 2.32. The Morgan fingerprint density at radius 2 is 1.76 bits per heavy atom. The number of ether oxygens (including phenoxy) is 2. The average Bonchev–Trinajstić information content (AvgIpc) is 2.56. The monoisotopic (exact) mass is 373 g/mol. The molecule has 0 radical (unpaired) electrons. The zero-order chi connectivity index (χ0) is 17.9. The van der Waals surface area contributed by atoms with E-state index < -0.39 is 5.79 Å². The second-order valence-electron chi connectivity index (χ2n) is 5.92. The third kappa shape index (κ3) is 4.65. The summed E-state index contributed by atoms with van der Waals surface area (Å²) in [6.45, 7) is 3.73. The molecule has 0 bridgehead atoms. The van der Waals surface area contributed by atoms with Crippen molar-refractivity contribution in [3.63, 3.8) is 0 Å². The van der Waals surface area contributed by atoms with Gasteiger partial charge in [0.15, 0.2) is 0 Å². The van der Waals surface area contributed by atoms with Crippen LogP contribution in [0.25, 0.3) is 5.76 Å². The minimum atomic E-state index is -0.766. The van der Waals surface area contributed by atoms with Crippen molar-refractivity contribution in [1.29, 1.82) is 0 Å². The van der Waals surface area contributed by atoms with Crippen LogP contribution in [0.1, 0.15) is 19.4 Å². The van der Waals surface area contributed by atoms with Gasteiger partial charge in [0.2, 0.25) is 5.79 Å². The average molecular weight is 374 g/mol.